The summed E-state index contributed by atoms with van der Waals surface area (Å²) in [5, 5.41) is 19.2. The minimum atomic E-state index is -0.399. The second-order valence-corrected chi connectivity index (χ2v) is 6.12. The third kappa shape index (κ3) is 2.90. The van der Waals surface area contributed by atoms with Crippen LogP contribution in [0.15, 0.2) is 18.2 Å². The highest BCUT2D eigenvalue weighted by molar-refractivity contribution is 5.38. The van der Waals surface area contributed by atoms with Gasteiger partial charge in [0.15, 0.2) is 0 Å². The fourth-order valence-electron chi connectivity index (χ4n) is 3.14. The van der Waals surface area contributed by atoms with Crippen molar-refractivity contribution >= 4 is 0 Å². The molecule has 3 nitrogen and oxygen atoms in total. The Labute approximate surface area is 121 Å². The molecule has 0 spiro atoms. The van der Waals surface area contributed by atoms with Crippen molar-refractivity contribution in [3.05, 3.63) is 34.9 Å². The maximum absolute atomic E-state index is 9.87. The standard InChI is InChI=1S/C17H26O3/c1-10-5-6-14-12(3)17(11(2)13(4)19)20-16(7-8-18)15(14)9-10/h5-6,9,11-13,16-19H,7-8H2,1-4H3. The predicted molar refractivity (Wildman–Crippen MR) is 79.8 cm³/mol. The Hall–Kier alpha value is -0.900. The van der Waals surface area contributed by atoms with Gasteiger partial charge in [-0.3, -0.25) is 0 Å². The zero-order chi connectivity index (χ0) is 14.9. The number of aliphatic hydroxyl groups excluding tert-OH is 2. The van der Waals surface area contributed by atoms with Crippen LogP contribution < -0.4 is 0 Å². The highest BCUT2D eigenvalue weighted by Crippen LogP contribution is 2.42. The molecule has 1 aliphatic heterocycles. The van der Waals surface area contributed by atoms with Gasteiger partial charge in [-0.1, -0.05) is 37.6 Å². The van der Waals surface area contributed by atoms with Crippen molar-refractivity contribution in [2.75, 3.05) is 6.61 Å². The van der Waals surface area contributed by atoms with Crippen molar-refractivity contribution in [2.45, 2.75) is 58.3 Å². The summed E-state index contributed by atoms with van der Waals surface area (Å²) in [5.74, 6) is 0.325. The Morgan fingerprint density at radius 2 is 1.95 bits per heavy atom. The second kappa shape index (κ2) is 6.25. The van der Waals surface area contributed by atoms with Crippen LogP contribution in [0.2, 0.25) is 0 Å². The molecule has 3 heteroatoms. The van der Waals surface area contributed by atoms with Crippen LogP contribution in [0, 0.1) is 12.8 Å². The molecule has 0 radical (unpaired) electrons. The molecule has 0 aliphatic carbocycles. The Bertz CT molecular complexity index is 456. The smallest absolute Gasteiger partial charge is 0.0853 e. The summed E-state index contributed by atoms with van der Waals surface area (Å²) in [7, 11) is 0. The second-order valence-electron chi connectivity index (χ2n) is 6.12. The topological polar surface area (TPSA) is 49.7 Å². The van der Waals surface area contributed by atoms with Gasteiger partial charge in [0.1, 0.15) is 0 Å². The maximum atomic E-state index is 9.87. The molecular weight excluding hydrogens is 252 g/mol. The van der Waals surface area contributed by atoms with Crippen LogP contribution in [0.25, 0.3) is 0 Å². The number of ether oxygens (including phenoxy) is 1. The fraction of sp³-hybridized carbons (Fsp3) is 0.647. The monoisotopic (exact) mass is 278 g/mol. The van der Waals surface area contributed by atoms with Crippen LogP contribution in [0.1, 0.15) is 55.9 Å². The lowest BCUT2D eigenvalue weighted by molar-refractivity contribution is -0.0948. The van der Waals surface area contributed by atoms with Crippen LogP contribution in [-0.4, -0.2) is 29.0 Å². The average molecular weight is 278 g/mol. The highest BCUT2D eigenvalue weighted by atomic mass is 16.5. The van der Waals surface area contributed by atoms with E-state index in [1.54, 1.807) is 0 Å². The number of aryl methyl sites for hydroxylation is 1. The molecule has 5 unspecified atom stereocenters. The molecular formula is C17H26O3. The molecule has 5 atom stereocenters. The minimum Gasteiger partial charge on any atom is -0.396 e. The summed E-state index contributed by atoms with van der Waals surface area (Å²) < 4.78 is 6.22. The SMILES string of the molecule is Cc1ccc2c(c1)C(CCO)OC(C(C)C(C)O)C2C. The molecule has 0 saturated heterocycles. The lowest BCUT2D eigenvalue weighted by atomic mass is 9.79. The van der Waals surface area contributed by atoms with Gasteiger partial charge in [-0.05, 0) is 25.0 Å². The van der Waals surface area contributed by atoms with E-state index in [9.17, 15) is 10.2 Å². The summed E-state index contributed by atoms with van der Waals surface area (Å²) in [6, 6.07) is 6.46. The average Bonchev–Trinajstić information content (AvgIpc) is 2.41. The number of hydrogen-bond acceptors (Lipinski definition) is 3. The van der Waals surface area contributed by atoms with Crippen molar-refractivity contribution < 1.29 is 14.9 Å². The van der Waals surface area contributed by atoms with Crippen LogP contribution in [0.4, 0.5) is 0 Å². The molecule has 1 heterocycles. The molecule has 1 aromatic rings. The minimum absolute atomic E-state index is 0.0123. The number of fused-ring (bicyclic) bond motifs is 1. The van der Waals surface area contributed by atoms with Gasteiger partial charge in [0.25, 0.3) is 0 Å². The third-order valence-electron chi connectivity index (χ3n) is 4.56. The molecule has 0 fully saturated rings. The van der Waals surface area contributed by atoms with E-state index in [1.807, 2.05) is 13.8 Å². The van der Waals surface area contributed by atoms with Gasteiger partial charge in [-0.25, -0.2) is 0 Å². The van der Waals surface area contributed by atoms with Gasteiger partial charge < -0.3 is 14.9 Å². The molecule has 112 valence electrons. The third-order valence-corrected chi connectivity index (χ3v) is 4.56. The number of rotatable bonds is 4. The summed E-state index contributed by atoms with van der Waals surface area (Å²) in [6.45, 7) is 8.19. The lowest BCUT2D eigenvalue weighted by Gasteiger charge is -2.40. The molecule has 2 N–H and O–H groups in total. The van der Waals surface area contributed by atoms with Crippen molar-refractivity contribution in [2.24, 2.45) is 5.92 Å². The van der Waals surface area contributed by atoms with Crippen LogP contribution in [0.5, 0.6) is 0 Å². The van der Waals surface area contributed by atoms with Crippen molar-refractivity contribution in [3.63, 3.8) is 0 Å². The Morgan fingerprint density at radius 1 is 1.25 bits per heavy atom. The van der Waals surface area contributed by atoms with Gasteiger partial charge >= 0.3 is 0 Å². The zero-order valence-corrected chi connectivity index (χ0v) is 12.8. The summed E-state index contributed by atoms with van der Waals surface area (Å²) in [5.41, 5.74) is 3.70. The molecule has 20 heavy (non-hydrogen) atoms. The van der Waals surface area contributed by atoms with Gasteiger partial charge in [0.05, 0.1) is 18.3 Å². The molecule has 0 bridgehead atoms. The number of hydrogen-bond donors (Lipinski definition) is 2. The van der Waals surface area contributed by atoms with E-state index in [-0.39, 0.29) is 30.7 Å². The molecule has 0 aromatic heterocycles. The molecule has 0 saturated carbocycles. The highest BCUT2D eigenvalue weighted by Gasteiger charge is 2.37. The van der Waals surface area contributed by atoms with E-state index in [4.69, 9.17) is 4.74 Å². The Kier molecular flexibility index (Phi) is 4.84. The van der Waals surface area contributed by atoms with Crippen LogP contribution in [-0.2, 0) is 4.74 Å². The van der Waals surface area contributed by atoms with Crippen molar-refractivity contribution in [1.29, 1.82) is 0 Å². The first-order chi connectivity index (χ1) is 9.45. The normalized spacial score (nSPS) is 28.8. The number of benzene rings is 1. The van der Waals surface area contributed by atoms with E-state index < -0.39 is 6.10 Å². The summed E-state index contributed by atoms with van der Waals surface area (Å²) >= 11 is 0. The van der Waals surface area contributed by atoms with E-state index in [0.717, 1.165) is 0 Å². The van der Waals surface area contributed by atoms with E-state index in [2.05, 4.69) is 32.0 Å². The van der Waals surface area contributed by atoms with Gasteiger partial charge in [0, 0.05) is 24.9 Å². The van der Waals surface area contributed by atoms with E-state index >= 15 is 0 Å². The summed E-state index contributed by atoms with van der Waals surface area (Å²) in [4.78, 5) is 0. The molecule has 2 rings (SSSR count). The number of aliphatic hydroxyl groups is 2. The maximum Gasteiger partial charge on any atom is 0.0853 e. The van der Waals surface area contributed by atoms with Crippen LogP contribution >= 0.6 is 0 Å². The zero-order valence-electron chi connectivity index (χ0n) is 12.8. The lowest BCUT2D eigenvalue weighted by Crippen LogP contribution is -2.38. The first-order valence-corrected chi connectivity index (χ1v) is 7.50. The van der Waals surface area contributed by atoms with Gasteiger partial charge in [0.2, 0.25) is 0 Å². The van der Waals surface area contributed by atoms with Gasteiger partial charge in [-0.2, -0.15) is 0 Å². The first kappa shape index (κ1) is 15.5. The Morgan fingerprint density at radius 3 is 2.55 bits per heavy atom. The first-order valence-electron chi connectivity index (χ1n) is 7.50. The Balaban J connectivity index is 2.38. The van der Waals surface area contributed by atoms with Crippen molar-refractivity contribution in [3.8, 4) is 0 Å². The quantitative estimate of drug-likeness (QED) is 0.890. The molecule has 0 amide bonds. The largest absolute Gasteiger partial charge is 0.396 e. The predicted octanol–water partition coefficient (Wildman–Crippen LogP) is 2.94. The van der Waals surface area contributed by atoms with Crippen molar-refractivity contribution in [1.82, 2.24) is 0 Å². The molecule has 1 aliphatic rings. The van der Waals surface area contributed by atoms with E-state index in [0.29, 0.717) is 6.42 Å². The van der Waals surface area contributed by atoms with Gasteiger partial charge in [-0.15, -0.1) is 0 Å². The van der Waals surface area contributed by atoms with E-state index in [1.165, 1.54) is 16.7 Å². The summed E-state index contributed by atoms with van der Waals surface area (Å²) in [6.07, 6.45) is 0.120. The fourth-order valence-corrected chi connectivity index (χ4v) is 3.14. The van der Waals surface area contributed by atoms with Crippen LogP contribution in [0.3, 0.4) is 0 Å². The molecule has 1 aromatic carbocycles.